The highest BCUT2D eigenvalue weighted by Gasteiger charge is 2.34. The zero-order valence-corrected chi connectivity index (χ0v) is 18.5. The molecule has 2 amide bonds. The molecule has 5 nitrogen and oxygen atoms in total. The van der Waals surface area contributed by atoms with E-state index in [1.165, 1.54) is 10.5 Å². The molecular formula is C24H27NO4S. The Bertz CT molecular complexity index is 937. The molecule has 3 rings (SSSR count). The Morgan fingerprint density at radius 1 is 1.03 bits per heavy atom. The number of hydrogen-bond acceptors (Lipinski definition) is 5. The summed E-state index contributed by atoms with van der Waals surface area (Å²) < 4.78 is 11.4. The first-order valence-corrected chi connectivity index (χ1v) is 10.9. The Hall–Kier alpha value is -2.73. The lowest BCUT2D eigenvalue weighted by Gasteiger charge is -2.12. The SMILES string of the molecule is CCCCCN1C(=O)S/C(=C\c2ccc(OCc3ccc(C)cc3)c(OC)c2)C1=O. The maximum Gasteiger partial charge on any atom is 0.293 e. The Morgan fingerprint density at radius 2 is 1.80 bits per heavy atom. The molecule has 0 N–H and O–H groups in total. The zero-order chi connectivity index (χ0) is 21.5. The van der Waals surface area contributed by atoms with Crippen molar-refractivity contribution in [2.45, 2.75) is 39.7 Å². The van der Waals surface area contributed by atoms with E-state index >= 15 is 0 Å². The van der Waals surface area contributed by atoms with Gasteiger partial charge < -0.3 is 9.47 Å². The van der Waals surface area contributed by atoms with Gasteiger partial charge in [0.1, 0.15) is 6.61 Å². The number of unbranched alkanes of at least 4 members (excludes halogenated alkanes) is 2. The molecule has 0 spiro atoms. The molecular weight excluding hydrogens is 398 g/mol. The van der Waals surface area contributed by atoms with Crippen molar-refractivity contribution >= 4 is 29.0 Å². The lowest BCUT2D eigenvalue weighted by atomic mass is 10.1. The van der Waals surface area contributed by atoms with Crippen molar-refractivity contribution in [2.75, 3.05) is 13.7 Å². The summed E-state index contributed by atoms with van der Waals surface area (Å²) in [7, 11) is 1.58. The molecule has 0 saturated carbocycles. The summed E-state index contributed by atoms with van der Waals surface area (Å²) in [5, 5.41) is -0.202. The van der Waals surface area contributed by atoms with Crippen molar-refractivity contribution in [2.24, 2.45) is 0 Å². The van der Waals surface area contributed by atoms with Crippen LogP contribution in [-0.2, 0) is 11.4 Å². The van der Waals surface area contributed by atoms with Crippen LogP contribution in [0.5, 0.6) is 11.5 Å². The van der Waals surface area contributed by atoms with Gasteiger partial charge in [0.2, 0.25) is 0 Å². The van der Waals surface area contributed by atoms with E-state index in [1.807, 2.05) is 49.4 Å². The maximum atomic E-state index is 12.6. The zero-order valence-electron chi connectivity index (χ0n) is 17.6. The highest BCUT2D eigenvalue weighted by atomic mass is 32.2. The number of rotatable bonds is 9. The molecule has 6 heteroatoms. The van der Waals surface area contributed by atoms with E-state index in [1.54, 1.807) is 13.2 Å². The first kappa shape index (κ1) is 22.0. The van der Waals surface area contributed by atoms with Crippen LogP contribution >= 0.6 is 11.8 Å². The monoisotopic (exact) mass is 425 g/mol. The van der Waals surface area contributed by atoms with Crippen LogP contribution in [0.4, 0.5) is 4.79 Å². The topological polar surface area (TPSA) is 55.8 Å². The summed E-state index contributed by atoms with van der Waals surface area (Å²) in [5.41, 5.74) is 3.06. The second-order valence-corrected chi connectivity index (χ2v) is 8.22. The predicted octanol–water partition coefficient (Wildman–Crippen LogP) is 5.81. The van der Waals surface area contributed by atoms with Gasteiger partial charge in [-0.2, -0.15) is 0 Å². The predicted molar refractivity (Wildman–Crippen MR) is 121 cm³/mol. The minimum Gasteiger partial charge on any atom is -0.493 e. The van der Waals surface area contributed by atoms with Crippen LogP contribution in [0.3, 0.4) is 0 Å². The lowest BCUT2D eigenvalue weighted by Crippen LogP contribution is -2.29. The number of amides is 2. The first-order chi connectivity index (χ1) is 14.5. The van der Waals surface area contributed by atoms with E-state index in [0.717, 1.165) is 42.2 Å². The van der Waals surface area contributed by atoms with Crippen LogP contribution in [0, 0.1) is 6.92 Å². The number of ether oxygens (including phenoxy) is 2. The van der Waals surface area contributed by atoms with Crippen LogP contribution in [0.1, 0.15) is 42.9 Å². The van der Waals surface area contributed by atoms with Gasteiger partial charge in [0.25, 0.3) is 11.1 Å². The summed E-state index contributed by atoms with van der Waals surface area (Å²) in [4.78, 5) is 26.5. The number of thioether (sulfide) groups is 1. The number of carbonyl (C=O) groups is 2. The third-order valence-electron chi connectivity index (χ3n) is 4.86. The van der Waals surface area contributed by atoms with E-state index in [9.17, 15) is 9.59 Å². The Kier molecular flexibility index (Phi) is 7.57. The number of benzene rings is 2. The number of aryl methyl sites for hydroxylation is 1. The van der Waals surface area contributed by atoms with Crippen LogP contribution in [0.2, 0.25) is 0 Å². The summed E-state index contributed by atoms with van der Waals surface area (Å²) in [6.07, 6.45) is 4.62. The third kappa shape index (κ3) is 5.45. The normalized spacial score (nSPS) is 15.2. The van der Waals surface area contributed by atoms with E-state index < -0.39 is 0 Å². The van der Waals surface area contributed by atoms with Gasteiger partial charge in [0.05, 0.1) is 12.0 Å². The Morgan fingerprint density at radius 3 is 2.50 bits per heavy atom. The minimum absolute atomic E-state index is 0.202. The number of carbonyl (C=O) groups excluding carboxylic acids is 2. The van der Waals surface area contributed by atoms with Gasteiger partial charge in [-0.15, -0.1) is 0 Å². The lowest BCUT2D eigenvalue weighted by molar-refractivity contribution is -0.122. The average Bonchev–Trinajstić information content (AvgIpc) is 3.01. The molecule has 1 saturated heterocycles. The van der Waals surface area contributed by atoms with E-state index in [4.69, 9.17) is 9.47 Å². The maximum absolute atomic E-state index is 12.6. The van der Waals surface area contributed by atoms with Gasteiger partial charge in [-0.3, -0.25) is 14.5 Å². The van der Waals surface area contributed by atoms with Crippen molar-refractivity contribution in [3.8, 4) is 11.5 Å². The fourth-order valence-corrected chi connectivity index (χ4v) is 3.97. The van der Waals surface area contributed by atoms with Crippen molar-refractivity contribution in [3.63, 3.8) is 0 Å². The second-order valence-electron chi connectivity index (χ2n) is 7.23. The largest absolute Gasteiger partial charge is 0.493 e. The van der Waals surface area contributed by atoms with Crippen molar-refractivity contribution < 1.29 is 19.1 Å². The summed E-state index contributed by atoms with van der Waals surface area (Å²) in [6.45, 7) is 5.05. The fourth-order valence-electron chi connectivity index (χ4n) is 3.10. The Labute approximate surface area is 182 Å². The third-order valence-corrected chi connectivity index (χ3v) is 5.77. The Balaban J connectivity index is 1.70. The number of nitrogens with zero attached hydrogens (tertiary/aromatic N) is 1. The molecule has 2 aromatic carbocycles. The van der Waals surface area contributed by atoms with Crippen molar-refractivity contribution in [1.82, 2.24) is 4.90 Å². The summed E-state index contributed by atoms with van der Waals surface area (Å²) >= 11 is 0.987. The summed E-state index contributed by atoms with van der Waals surface area (Å²) in [5.74, 6) is 0.987. The van der Waals surface area contributed by atoms with Crippen molar-refractivity contribution in [1.29, 1.82) is 0 Å². The molecule has 1 fully saturated rings. The van der Waals surface area contributed by atoms with E-state index in [0.29, 0.717) is 29.6 Å². The standard InChI is InChI=1S/C24H27NO4S/c1-4-5-6-13-25-23(26)22(30-24(25)27)15-19-11-12-20(21(14-19)28-3)29-16-18-9-7-17(2)8-10-18/h7-12,14-15H,4-6,13,16H2,1-3H3/b22-15-. The highest BCUT2D eigenvalue weighted by molar-refractivity contribution is 8.18. The van der Waals surface area contributed by atoms with Crippen LogP contribution in [-0.4, -0.2) is 29.7 Å². The molecule has 1 heterocycles. The van der Waals surface area contributed by atoms with Crippen molar-refractivity contribution in [3.05, 3.63) is 64.1 Å². The van der Waals surface area contributed by atoms with Gasteiger partial charge in [0.15, 0.2) is 11.5 Å². The molecule has 0 radical (unpaired) electrons. The van der Waals surface area contributed by atoms with Gasteiger partial charge in [0, 0.05) is 6.54 Å². The van der Waals surface area contributed by atoms with Gasteiger partial charge in [-0.25, -0.2) is 0 Å². The molecule has 0 unspecified atom stereocenters. The van der Waals surface area contributed by atoms with Crippen LogP contribution in [0.15, 0.2) is 47.4 Å². The number of hydrogen-bond donors (Lipinski definition) is 0. The number of methoxy groups -OCH3 is 1. The van der Waals surface area contributed by atoms with Crippen LogP contribution in [0.25, 0.3) is 6.08 Å². The molecule has 2 aromatic rings. The first-order valence-electron chi connectivity index (χ1n) is 10.1. The highest BCUT2D eigenvalue weighted by Crippen LogP contribution is 2.35. The minimum atomic E-state index is -0.222. The molecule has 0 aromatic heterocycles. The fraction of sp³-hybridized carbons (Fsp3) is 0.333. The number of imide groups is 1. The van der Waals surface area contributed by atoms with E-state index in [2.05, 4.69) is 6.92 Å². The molecule has 0 bridgehead atoms. The molecule has 30 heavy (non-hydrogen) atoms. The van der Waals surface area contributed by atoms with E-state index in [-0.39, 0.29) is 11.1 Å². The van der Waals surface area contributed by atoms with Gasteiger partial charge in [-0.1, -0.05) is 55.7 Å². The van der Waals surface area contributed by atoms with Gasteiger partial charge in [-0.05, 0) is 54.4 Å². The second kappa shape index (κ2) is 10.3. The molecule has 0 aliphatic carbocycles. The molecule has 1 aliphatic rings. The summed E-state index contributed by atoms with van der Waals surface area (Å²) in [6, 6.07) is 13.7. The molecule has 1 aliphatic heterocycles. The quantitative estimate of drug-likeness (QED) is 0.375. The van der Waals surface area contributed by atoms with Gasteiger partial charge >= 0.3 is 0 Å². The molecule has 0 atom stereocenters. The smallest absolute Gasteiger partial charge is 0.293 e. The average molecular weight is 426 g/mol. The van der Waals surface area contributed by atoms with Crippen LogP contribution < -0.4 is 9.47 Å². The molecule has 158 valence electrons.